The first-order valence-electron chi connectivity index (χ1n) is 10.4. The van der Waals surface area contributed by atoms with Crippen molar-refractivity contribution in [2.75, 3.05) is 25.5 Å². The lowest BCUT2D eigenvalue weighted by Crippen LogP contribution is -2.30. The summed E-state index contributed by atoms with van der Waals surface area (Å²) >= 11 is 0. The molecule has 0 saturated carbocycles. The largest absolute Gasteiger partial charge is 0.497 e. The van der Waals surface area contributed by atoms with Crippen molar-refractivity contribution in [3.05, 3.63) is 83.4 Å². The highest BCUT2D eigenvalue weighted by molar-refractivity contribution is 7.92. The van der Waals surface area contributed by atoms with Crippen molar-refractivity contribution >= 4 is 21.6 Å². The van der Waals surface area contributed by atoms with Crippen LogP contribution in [0.1, 0.15) is 16.7 Å². The average Bonchev–Trinajstić information content (AvgIpc) is 2.80. The number of amides is 1. The monoisotopic (exact) mass is 468 g/mol. The number of benzene rings is 3. The molecule has 1 amide bonds. The van der Waals surface area contributed by atoms with Crippen LogP contribution in [0.3, 0.4) is 0 Å². The summed E-state index contributed by atoms with van der Waals surface area (Å²) in [5, 5.41) is 0. The third-order valence-corrected chi connectivity index (χ3v) is 6.66. The molecule has 174 valence electrons. The Morgan fingerprint density at radius 1 is 0.909 bits per heavy atom. The SMILES string of the molecule is COc1ccc(CN(C)C(=O)COc2ccc(S(=O)(=O)Nc3ccc(C)c(C)c3)cc2)cc1. The predicted molar refractivity (Wildman–Crippen MR) is 128 cm³/mol. The van der Waals surface area contributed by atoms with E-state index in [1.54, 1.807) is 31.2 Å². The average molecular weight is 469 g/mol. The van der Waals surface area contributed by atoms with Gasteiger partial charge in [0.15, 0.2) is 6.61 Å². The third kappa shape index (κ3) is 6.49. The highest BCUT2D eigenvalue weighted by Crippen LogP contribution is 2.21. The van der Waals surface area contributed by atoms with Crippen molar-refractivity contribution in [2.45, 2.75) is 25.3 Å². The maximum atomic E-state index is 12.7. The Kier molecular flexibility index (Phi) is 7.60. The Labute approximate surface area is 195 Å². The van der Waals surface area contributed by atoms with Gasteiger partial charge in [0.2, 0.25) is 0 Å². The molecule has 0 aliphatic rings. The molecule has 33 heavy (non-hydrogen) atoms. The van der Waals surface area contributed by atoms with Crippen molar-refractivity contribution in [1.29, 1.82) is 0 Å². The van der Waals surface area contributed by atoms with Crippen LogP contribution in [0.15, 0.2) is 71.6 Å². The molecular weight excluding hydrogens is 440 g/mol. The molecular formula is C25H28N2O5S. The van der Waals surface area contributed by atoms with Crippen LogP contribution in [-0.2, 0) is 21.4 Å². The number of sulfonamides is 1. The van der Waals surface area contributed by atoms with E-state index < -0.39 is 10.0 Å². The Bertz CT molecular complexity index is 1210. The molecule has 3 aromatic rings. The lowest BCUT2D eigenvalue weighted by atomic mass is 10.1. The number of nitrogens with one attached hydrogen (secondary N) is 1. The minimum Gasteiger partial charge on any atom is -0.497 e. The predicted octanol–water partition coefficient (Wildman–Crippen LogP) is 4.15. The van der Waals surface area contributed by atoms with Crippen LogP contribution in [0.25, 0.3) is 0 Å². The van der Waals surface area contributed by atoms with Crippen LogP contribution in [0.4, 0.5) is 5.69 Å². The Balaban J connectivity index is 1.55. The van der Waals surface area contributed by atoms with Gasteiger partial charge in [-0.2, -0.15) is 0 Å². The van der Waals surface area contributed by atoms with E-state index in [0.29, 0.717) is 18.0 Å². The minimum absolute atomic E-state index is 0.107. The van der Waals surface area contributed by atoms with Crippen LogP contribution < -0.4 is 14.2 Å². The molecule has 0 saturated heterocycles. The van der Waals surface area contributed by atoms with Gasteiger partial charge in [-0.1, -0.05) is 18.2 Å². The lowest BCUT2D eigenvalue weighted by Gasteiger charge is -2.18. The number of carbonyl (C=O) groups excluding carboxylic acids is 1. The zero-order valence-electron chi connectivity index (χ0n) is 19.2. The summed E-state index contributed by atoms with van der Waals surface area (Å²) in [6, 6.07) is 18.8. The summed E-state index contributed by atoms with van der Waals surface area (Å²) in [5.41, 5.74) is 3.56. The fraction of sp³-hybridized carbons (Fsp3) is 0.240. The van der Waals surface area contributed by atoms with Crippen molar-refractivity contribution in [2.24, 2.45) is 0 Å². The zero-order valence-corrected chi connectivity index (χ0v) is 20.0. The smallest absolute Gasteiger partial charge is 0.261 e. The molecule has 7 nitrogen and oxygen atoms in total. The number of aryl methyl sites for hydroxylation is 2. The first-order valence-corrected chi connectivity index (χ1v) is 11.9. The normalized spacial score (nSPS) is 11.0. The Morgan fingerprint density at radius 2 is 1.55 bits per heavy atom. The van der Waals surface area contributed by atoms with E-state index >= 15 is 0 Å². The fourth-order valence-electron chi connectivity index (χ4n) is 3.08. The molecule has 0 heterocycles. The number of methoxy groups -OCH3 is 1. The Morgan fingerprint density at radius 3 is 2.15 bits per heavy atom. The van der Waals surface area contributed by atoms with Crippen molar-refractivity contribution < 1.29 is 22.7 Å². The van der Waals surface area contributed by atoms with Crippen molar-refractivity contribution in [3.8, 4) is 11.5 Å². The first-order chi connectivity index (χ1) is 15.7. The molecule has 0 atom stereocenters. The maximum Gasteiger partial charge on any atom is 0.261 e. The van der Waals surface area contributed by atoms with Crippen LogP contribution in [0, 0.1) is 13.8 Å². The number of anilines is 1. The van der Waals surface area contributed by atoms with Gasteiger partial charge in [-0.25, -0.2) is 8.42 Å². The maximum absolute atomic E-state index is 12.7. The quantitative estimate of drug-likeness (QED) is 0.510. The molecule has 1 N–H and O–H groups in total. The lowest BCUT2D eigenvalue weighted by molar-refractivity contribution is -0.132. The zero-order chi connectivity index (χ0) is 24.0. The van der Waals surface area contributed by atoms with Crippen molar-refractivity contribution in [1.82, 2.24) is 4.90 Å². The molecule has 0 aliphatic heterocycles. The molecule has 0 fully saturated rings. The summed E-state index contributed by atoms with van der Waals surface area (Å²) in [4.78, 5) is 14.1. The summed E-state index contributed by atoms with van der Waals surface area (Å²) < 4.78 is 38.6. The molecule has 8 heteroatoms. The van der Waals surface area contributed by atoms with Gasteiger partial charge in [0.25, 0.3) is 15.9 Å². The first kappa shape index (κ1) is 24.1. The van der Waals surface area contributed by atoms with E-state index in [0.717, 1.165) is 22.4 Å². The van der Waals surface area contributed by atoms with E-state index in [1.165, 1.54) is 24.3 Å². The molecule has 0 aliphatic carbocycles. The highest BCUT2D eigenvalue weighted by Gasteiger charge is 2.15. The van der Waals surface area contributed by atoms with E-state index in [-0.39, 0.29) is 17.4 Å². The third-order valence-electron chi connectivity index (χ3n) is 5.26. The molecule has 3 rings (SSSR count). The molecule has 0 aromatic heterocycles. The second-order valence-electron chi connectivity index (χ2n) is 7.76. The number of hydrogen-bond donors (Lipinski definition) is 1. The van der Waals surface area contributed by atoms with E-state index in [1.807, 2.05) is 44.2 Å². The second-order valence-corrected chi connectivity index (χ2v) is 9.44. The van der Waals surface area contributed by atoms with E-state index in [2.05, 4.69) is 4.72 Å². The Hall–Kier alpha value is -3.52. The second kappa shape index (κ2) is 10.4. The summed E-state index contributed by atoms with van der Waals surface area (Å²) in [6.07, 6.45) is 0. The molecule has 0 bridgehead atoms. The van der Waals surface area contributed by atoms with Gasteiger partial charge in [-0.3, -0.25) is 9.52 Å². The summed E-state index contributed by atoms with van der Waals surface area (Å²) in [7, 11) is -0.433. The number of hydrogen-bond acceptors (Lipinski definition) is 5. The highest BCUT2D eigenvalue weighted by atomic mass is 32.2. The van der Waals surface area contributed by atoms with E-state index in [9.17, 15) is 13.2 Å². The van der Waals surface area contributed by atoms with E-state index in [4.69, 9.17) is 9.47 Å². The van der Waals surface area contributed by atoms with Gasteiger partial charge in [0, 0.05) is 19.3 Å². The number of carbonyl (C=O) groups is 1. The van der Waals surface area contributed by atoms with Gasteiger partial charge < -0.3 is 14.4 Å². The van der Waals surface area contributed by atoms with Crippen molar-refractivity contribution in [3.63, 3.8) is 0 Å². The molecule has 0 unspecified atom stereocenters. The van der Waals surface area contributed by atoms with Gasteiger partial charge in [0.1, 0.15) is 11.5 Å². The van der Waals surface area contributed by atoms with Crippen LogP contribution >= 0.6 is 0 Å². The fourth-order valence-corrected chi connectivity index (χ4v) is 4.13. The van der Waals surface area contributed by atoms with Gasteiger partial charge >= 0.3 is 0 Å². The number of rotatable bonds is 9. The van der Waals surface area contributed by atoms with Gasteiger partial charge in [-0.05, 0) is 79.1 Å². The van der Waals surface area contributed by atoms with Crippen LogP contribution in [0.2, 0.25) is 0 Å². The minimum atomic E-state index is -3.73. The van der Waals surface area contributed by atoms with Gasteiger partial charge in [0.05, 0.1) is 12.0 Å². The standard InChI is InChI=1S/C25H28N2O5S/c1-18-5-8-21(15-19(18)2)26-33(29,30)24-13-11-23(12-14-24)32-17-25(28)27(3)16-20-6-9-22(31-4)10-7-20/h5-15,26H,16-17H2,1-4H3. The molecule has 3 aromatic carbocycles. The van der Waals surface area contributed by atoms with Gasteiger partial charge in [-0.15, -0.1) is 0 Å². The van der Waals surface area contributed by atoms with Crippen LogP contribution in [0.5, 0.6) is 11.5 Å². The molecule has 0 radical (unpaired) electrons. The number of ether oxygens (including phenoxy) is 2. The topological polar surface area (TPSA) is 84.9 Å². The van der Waals surface area contributed by atoms with Crippen LogP contribution in [-0.4, -0.2) is 40.0 Å². The summed E-state index contributed by atoms with van der Waals surface area (Å²) in [5.74, 6) is 0.968. The number of likely N-dealkylation sites (N-methyl/N-ethyl adjacent to an activating group) is 1. The molecule has 0 spiro atoms. The summed E-state index contributed by atoms with van der Waals surface area (Å²) in [6.45, 7) is 4.18. The number of nitrogens with zero attached hydrogens (tertiary/aromatic N) is 1.